The van der Waals surface area contributed by atoms with E-state index in [1.165, 1.54) is 4.88 Å². The first kappa shape index (κ1) is 12.9. The molecule has 3 nitrogen and oxygen atoms in total. The fraction of sp³-hybridized carbons (Fsp3) is 0.188. The summed E-state index contributed by atoms with van der Waals surface area (Å²) in [6.45, 7) is 4.00. The second-order valence-corrected chi connectivity index (χ2v) is 5.75. The highest BCUT2D eigenvalue weighted by Gasteiger charge is 2.08. The van der Waals surface area contributed by atoms with Gasteiger partial charge in [-0.2, -0.15) is 0 Å². The van der Waals surface area contributed by atoms with Crippen LogP contribution in [0.25, 0.3) is 10.9 Å². The Morgan fingerprint density at radius 2 is 2.10 bits per heavy atom. The molecule has 4 heteroatoms. The van der Waals surface area contributed by atoms with Crippen molar-refractivity contribution in [1.29, 1.82) is 0 Å². The lowest BCUT2D eigenvalue weighted by Crippen LogP contribution is -2.22. The van der Waals surface area contributed by atoms with Gasteiger partial charge in [0.05, 0.1) is 12.1 Å². The van der Waals surface area contributed by atoms with E-state index in [1.807, 2.05) is 18.2 Å². The van der Waals surface area contributed by atoms with Crippen molar-refractivity contribution in [3.63, 3.8) is 0 Å². The normalized spacial score (nSPS) is 10.8. The molecule has 0 fully saturated rings. The number of hydrogen-bond acceptors (Lipinski definition) is 4. The molecule has 0 unspecified atom stereocenters. The van der Waals surface area contributed by atoms with Crippen LogP contribution in [0, 0.1) is 0 Å². The van der Waals surface area contributed by atoms with Gasteiger partial charge in [-0.15, -0.1) is 11.3 Å². The Bertz CT molecular complexity index is 707. The minimum atomic E-state index is 0.776. The van der Waals surface area contributed by atoms with Crippen LogP contribution in [0.15, 0.2) is 47.8 Å². The zero-order chi connectivity index (χ0) is 13.9. The van der Waals surface area contributed by atoms with E-state index in [2.05, 4.69) is 41.5 Å². The summed E-state index contributed by atoms with van der Waals surface area (Å²) in [5, 5.41) is 3.20. The Kier molecular flexibility index (Phi) is 3.56. The van der Waals surface area contributed by atoms with Gasteiger partial charge in [0.1, 0.15) is 5.82 Å². The predicted molar refractivity (Wildman–Crippen MR) is 87.2 cm³/mol. The third kappa shape index (κ3) is 2.60. The Balaban J connectivity index is 1.93. The number of rotatable bonds is 4. The zero-order valence-electron chi connectivity index (χ0n) is 11.4. The molecule has 0 aliphatic heterocycles. The molecule has 20 heavy (non-hydrogen) atoms. The number of nitrogens with zero attached hydrogens (tertiary/aromatic N) is 2. The van der Waals surface area contributed by atoms with E-state index >= 15 is 0 Å². The Hall–Kier alpha value is -2.07. The van der Waals surface area contributed by atoms with Gasteiger partial charge in [0.25, 0.3) is 0 Å². The summed E-state index contributed by atoms with van der Waals surface area (Å²) in [6.07, 6.45) is 0. The number of aromatic nitrogens is 1. The first-order chi connectivity index (χ1) is 9.76. The maximum Gasteiger partial charge on any atom is 0.129 e. The van der Waals surface area contributed by atoms with Gasteiger partial charge in [-0.3, -0.25) is 0 Å². The number of fused-ring (bicyclic) bond motifs is 1. The van der Waals surface area contributed by atoms with E-state index in [1.54, 1.807) is 11.3 Å². The molecule has 0 aliphatic rings. The van der Waals surface area contributed by atoms with Gasteiger partial charge >= 0.3 is 0 Å². The number of anilines is 2. The average molecular weight is 283 g/mol. The molecule has 0 atom stereocenters. The number of thiophene rings is 1. The summed E-state index contributed by atoms with van der Waals surface area (Å²) in [6, 6.07) is 14.2. The maximum absolute atomic E-state index is 5.80. The molecule has 102 valence electrons. The van der Waals surface area contributed by atoms with Crippen LogP contribution < -0.4 is 10.6 Å². The molecule has 0 saturated heterocycles. The monoisotopic (exact) mass is 283 g/mol. The van der Waals surface area contributed by atoms with Gasteiger partial charge in [-0.1, -0.05) is 6.07 Å². The van der Waals surface area contributed by atoms with Crippen molar-refractivity contribution >= 4 is 33.7 Å². The van der Waals surface area contributed by atoms with Crippen LogP contribution in [-0.4, -0.2) is 11.5 Å². The Morgan fingerprint density at radius 3 is 2.85 bits per heavy atom. The first-order valence-corrected chi connectivity index (χ1v) is 7.58. The highest BCUT2D eigenvalue weighted by molar-refractivity contribution is 7.09. The molecule has 0 saturated carbocycles. The third-order valence-corrected chi connectivity index (χ3v) is 4.19. The van der Waals surface area contributed by atoms with Crippen LogP contribution in [0.2, 0.25) is 0 Å². The van der Waals surface area contributed by atoms with Crippen LogP contribution in [0.5, 0.6) is 0 Å². The van der Waals surface area contributed by atoms with Gasteiger partial charge in [0.2, 0.25) is 0 Å². The largest absolute Gasteiger partial charge is 0.399 e. The standard InChI is InChI=1S/C16H17N3S/c1-2-19(11-14-4-3-9-20-14)16-8-5-12-10-13(17)6-7-15(12)18-16/h3-10H,2,11,17H2,1H3. The van der Waals surface area contributed by atoms with Crippen molar-refractivity contribution in [2.24, 2.45) is 0 Å². The average Bonchev–Trinajstić information content (AvgIpc) is 2.97. The van der Waals surface area contributed by atoms with E-state index in [0.717, 1.165) is 35.5 Å². The van der Waals surface area contributed by atoms with Crippen molar-refractivity contribution in [1.82, 2.24) is 4.98 Å². The summed E-state index contributed by atoms with van der Waals surface area (Å²) in [7, 11) is 0. The molecule has 1 aromatic carbocycles. The third-order valence-electron chi connectivity index (χ3n) is 3.33. The lowest BCUT2D eigenvalue weighted by Gasteiger charge is -2.21. The van der Waals surface area contributed by atoms with Crippen molar-refractivity contribution in [3.05, 3.63) is 52.7 Å². The van der Waals surface area contributed by atoms with Crippen LogP contribution >= 0.6 is 11.3 Å². The molecule has 0 bridgehead atoms. The summed E-state index contributed by atoms with van der Waals surface area (Å²) >= 11 is 1.78. The topological polar surface area (TPSA) is 42.1 Å². The summed E-state index contributed by atoms with van der Waals surface area (Å²) in [5.41, 5.74) is 7.56. The molecule has 2 aromatic heterocycles. The minimum Gasteiger partial charge on any atom is -0.399 e. The zero-order valence-corrected chi connectivity index (χ0v) is 12.2. The van der Waals surface area contributed by atoms with Crippen LogP contribution in [0.4, 0.5) is 11.5 Å². The molecular formula is C16H17N3S. The number of nitrogen functional groups attached to an aromatic ring is 1. The molecular weight excluding hydrogens is 266 g/mol. The molecule has 0 spiro atoms. The lowest BCUT2D eigenvalue weighted by atomic mass is 10.2. The Morgan fingerprint density at radius 1 is 1.20 bits per heavy atom. The van der Waals surface area contributed by atoms with Crippen molar-refractivity contribution in [3.8, 4) is 0 Å². The fourth-order valence-corrected chi connectivity index (χ4v) is 2.97. The minimum absolute atomic E-state index is 0.776. The molecule has 3 rings (SSSR count). The van der Waals surface area contributed by atoms with Gasteiger partial charge in [-0.25, -0.2) is 4.98 Å². The summed E-state index contributed by atoms with van der Waals surface area (Å²) < 4.78 is 0. The fourth-order valence-electron chi connectivity index (χ4n) is 2.25. The van der Waals surface area contributed by atoms with Crippen LogP contribution in [-0.2, 0) is 6.54 Å². The van der Waals surface area contributed by atoms with Gasteiger partial charge in [0.15, 0.2) is 0 Å². The van der Waals surface area contributed by atoms with Crippen molar-refractivity contribution in [2.45, 2.75) is 13.5 Å². The number of pyridine rings is 1. The smallest absolute Gasteiger partial charge is 0.129 e. The van der Waals surface area contributed by atoms with Crippen LogP contribution in [0.3, 0.4) is 0 Å². The van der Waals surface area contributed by atoms with Gasteiger partial charge in [-0.05, 0) is 48.7 Å². The maximum atomic E-state index is 5.80. The highest BCUT2D eigenvalue weighted by atomic mass is 32.1. The Labute approximate surface area is 122 Å². The van der Waals surface area contributed by atoms with Gasteiger partial charge in [0, 0.05) is 22.5 Å². The summed E-state index contributed by atoms with van der Waals surface area (Å²) in [5.74, 6) is 1.01. The van der Waals surface area contributed by atoms with E-state index in [-0.39, 0.29) is 0 Å². The molecule has 2 heterocycles. The van der Waals surface area contributed by atoms with E-state index in [0.29, 0.717) is 0 Å². The number of nitrogens with two attached hydrogens (primary N) is 1. The first-order valence-electron chi connectivity index (χ1n) is 6.70. The molecule has 2 N–H and O–H groups in total. The van der Waals surface area contributed by atoms with Crippen molar-refractivity contribution in [2.75, 3.05) is 17.2 Å². The summed E-state index contributed by atoms with van der Waals surface area (Å²) in [4.78, 5) is 8.38. The lowest BCUT2D eigenvalue weighted by molar-refractivity contribution is 0.827. The SMILES string of the molecule is CCN(Cc1cccs1)c1ccc2cc(N)ccc2n1. The van der Waals surface area contributed by atoms with E-state index in [4.69, 9.17) is 10.7 Å². The number of benzene rings is 1. The van der Waals surface area contributed by atoms with E-state index in [9.17, 15) is 0 Å². The van der Waals surface area contributed by atoms with Crippen molar-refractivity contribution < 1.29 is 0 Å². The molecule has 0 radical (unpaired) electrons. The quantitative estimate of drug-likeness (QED) is 0.738. The second kappa shape index (κ2) is 5.51. The predicted octanol–water partition coefficient (Wildman–Crippen LogP) is 3.91. The second-order valence-electron chi connectivity index (χ2n) is 4.72. The molecule has 0 aliphatic carbocycles. The van der Waals surface area contributed by atoms with E-state index < -0.39 is 0 Å². The van der Waals surface area contributed by atoms with Gasteiger partial charge < -0.3 is 10.6 Å². The molecule has 3 aromatic rings. The number of hydrogen-bond donors (Lipinski definition) is 1. The molecule has 0 amide bonds. The van der Waals surface area contributed by atoms with Crippen LogP contribution in [0.1, 0.15) is 11.8 Å². The highest BCUT2D eigenvalue weighted by Crippen LogP contribution is 2.22.